The molecule has 5 nitrogen and oxygen atoms in total. The van der Waals surface area contributed by atoms with Crippen molar-refractivity contribution in [2.45, 2.75) is 6.92 Å². The molecule has 0 unspecified atom stereocenters. The Labute approximate surface area is 164 Å². The summed E-state index contributed by atoms with van der Waals surface area (Å²) in [7, 11) is 3.54. The van der Waals surface area contributed by atoms with Gasteiger partial charge in [0.2, 0.25) is 0 Å². The molecule has 0 aliphatic rings. The van der Waals surface area contributed by atoms with E-state index in [2.05, 4.69) is 36.5 Å². The van der Waals surface area contributed by atoms with Crippen LogP contribution in [0.2, 0.25) is 0 Å². The smallest absolute Gasteiger partial charge is 0.278 e. The van der Waals surface area contributed by atoms with Gasteiger partial charge in [-0.1, -0.05) is 12.1 Å². The van der Waals surface area contributed by atoms with Crippen molar-refractivity contribution < 1.29 is 9.53 Å². The summed E-state index contributed by atoms with van der Waals surface area (Å²) in [4.78, 5) is 13.2. The van der Waals surface area contributed by atoms with Crippen LogP contribution in [0.15, 0.2) is 67.0 Å². The van der Waals surface area contributed by atoms with Gasteiger partial charge in [-0.05, 0) is 55.0 Å². The molecule has 0 amide bonds. The molecule has 28 heavy (non-hydrogen) atoms. The van der Waals surface area contributed by atoms with Gasteiger partial charge in [0.15, 0.2) is 0 Å². The third-order valence-corrected chi connectivity index (χ3v) is 4.94. The first-order valence-corrected chi connectivity index (χ1v) is 9.31. The Morgan fingerprint density at radius 2 is 1.82 bits per heavy atom. The fourth-order valence-electron chi connectivity index (χ4n) is 3.47. The fraction of sp³-hybridized carbons (Fsp3) is 0.174. The number of methoxy groups -OCH3 is 1. The Bertz CT molecular complexity index is 1140. The summed E-state index contributed by atoms with van der Waals surface area (Å²) < 4.78 is 8.83. The maximum absolute atomic E-state index is 13.2. The van der Waals surface area contributed by atoms with E-state index in [1.807, 2.05) is 54.3 Å². The molecule has 0 fully saturated rings. The summed E-state index contributed by atoms with van der Waals surface area (Å²) in [5, 5.41) is 4.27. The lowest BCUT2D eigenvalue weighted by atomic mass is 10.1. The van der Waals surface area contributed by atoms with E-state index >= 15 is 0 Å². The zero-order valence-corrected chi connectivity index (χ0v) is 16.3. The van der Waals surface area contributed by atoms with Gasteiger partial charge in [0.25, 0.3) is 5.91 Å². The van der Waals surface area contributed by atoms with E-state index in [4.69, 9.17) is 4.74 Å². The summed E-state index contributed by atoms with van der Waals surface area (Å²) in [6.07, 6.45) is 3.80. The maximum Gasteiger partial charge on any atom is 0.278 e. The van der Waals surface area contributed by atoms with E-state index in [-0.39, 0.29) is 5.91 Å². The molecule has 0 radical (unpaired) electrons. The van der Waals surface area contributed by atoms with E-state index in [1.165, 1.54) is 0 Å². The number of rotatable bonds is 5. The zero-order valence-electron chi connectivity index (χ0n) is 16.3. The molecule has 2 aromatic heterocycles. The summed E-state index contributed by atoms with van der Waals surface area (Å²) in [5.74, 6) is 0.720. The highest BCUT2D eigenvalue weighted by Gasteiger charge is 2.16. The third-order valence-electron chi connectivity index (χ3n) is 4.94. The highest BCUT2D eigenvalue weighted by molar-refractivity contribution is 6.02. The predicted molar refractivity (Wildman–Crippen MR) is 113 cm³/mol. The number of anilines is 1. The first-order valence-electron chi connectivity index (χ1n) is 9.31. The molecule has 5 heteroatoms. The van der Waals surface area contributed by atoms with Crippen molar-refractivity contribution in [1.82, 2.24) is 9.13 Å². The maximum atomic E-state index is 13.2. The van der Waals surface area contributed by atoms with Crippen LogP contribution in [0.5, 0.6) is 5.75 Å². The van der Waals surface area contributed by atoms with Gasteiger partial charge in [-0.2, -0.15) is 0 Å². The molecule has 4 rings (SSSR count). The first-order chi connectivity index (χ1) is 13.6. The number of fused-ring (bicyclic) bond motifs is 1. The van der Waals surface area contributed by atoms with Gasteiger partial charge in [0.05, 0.1) is 12.6 Å². The molecule has 4 aromatic rings. The van der Waals surface area contributed by atoms with Crippen LogP contribution < -0.4 is 10.1 Å². The quantitative estimate of drug-likeness (QED) is 0.548. The van der Waals surface area contributed by atoms with E-state index < -0.39 is 0 Å². The van der Waals surface area contributed by atoms with Gasteiger partial charge in [0.1, 0.15) is 11.4 Å². The standard InChI is InChI=1S/C23H23N3O2/c1-4-24-19-7-5-16(6-8-19)18-14-22(25(2)15-18)23(27)26-12-11-17-13-20(28-3)9-10-21(17)26/h5-15,24H,4H2,1-3H3. The van der Waals surface area contributed by atoms with E-state index in [0.29, 0.717) is 5.69 Å². The van der Waals surface area contributed by atoms with Crippen molar-refractivity contribution in [3.63, 3.8) is 0 Å². The van der Waals surface area contributed by atoms with Crippen molar-refractivity contribution in [3.8, 4) is 16.9 Å². The molecule has 1 N–H and O–H groups in total. The molecule has 0 aliphatic carbocycles. The average molecular weight is 373 g/mol. The monoisotopic (exact) mass is 373 g/mol. The molecule has 0 saturated carbocycles. The Morgan fingerprint density at radius 3 is 2.54 bits per heavy atom. The van der Waals surface area contributed by atoms with E-state index in [1.54, 1.807) is 11.7 Å². The van der Waals surface area contributed by atoms with Crippen LogP contribution in [0.25, 0.3) is 22.0 Å². The van der Waals surface area contributed by atoms with Crippen LogP contribution in [0.1, 0.15) is 17.4 Å². The second kappa shape index (κ2) is 7.27. The SMILES string of the molecule is CCNc1ccc(-c2cc(C(=O)n3ccc4cc(OC)ccc43)n(C)c2)cc1. The van der Waals surface area contributed by atoms with Gasteiger partial charge in [-0.15, -0.1) is 0 Å². The van der Waals surface area contributed by atoms with E-state index in [0.717, 1.165) is 40.0 Å². The van der Waals surface area contributed by atoms with E-state index in [9.17, 15) is 4.79 Å². The molecule has 0 atom stereocenters. The molecule has 0 saturated heterocycles. The van der Waals surface area contributed by atoms with Gasteiger partial charge >= 0.3 is 0 Å². The number of nitrogens with one attached hydrogen (secondary N) is 1. The minimum atomic E-state index is -0.0572. The summed E-state index contributed by atoms with van der Waals surface area (Å²) in [6, 6.07) is 17.8. The molecule has 142 valence electrons. The minimum absolute atomic E-state index is 0.0572. The van der Waals surface area contributed by atoms with Gasteiger partial charge in [0, 0.05) is 42.6 Å². The number of aromatic nitrogens is 2. The lowest BCUT2D eigenvalue weighted by Crippen LogP contribution is -2.14. The van der Waals surface area contributed by atoms with Gasteiger partial charge < -0.3 is 14.6 Å². The summed E-state index contributed by atoms with van der Waals surface area (Å²) in [5.41, 5.74) is 4.70. The number of hydrogen-bond donors (Lipinski definition) is 1. The lowest BCUT2D eigenvalue weighted by molar-refractivity contribution is 0.0957. The molecule has 2 aromatic carbocycles. The topological polar surface area (TPSA) is 48.2 Å². The van der Waals surface area contributed by atoms with Gasteiger partial charge in [-0.25, -0.2) is 0 Å². The highest BCUT2D eigenvalue weighted by Crippen LogP contribution is 2.26. The second-order valence-corrected chi connectivity index (χ2v) is 6.75. The summed E-state index contributed by atoms with van der Waals surface area (Å²) >= 11 is 0. The molecule has 0 bridgehead atoms. The third kappa shape index (κ3) is 3.16. The van der Waals surface area contributed by atoms with Crippen LogP contribution in [-0.2, 0) is 7.05 Å². The lowest BCUT2D eigenvalue weighted by Gasteiger charge is -2.06. The summed E-state index contributed by atoms with van der Waals surface area (Å²) in [6.45, 7) is 2.96. The average Bonchev–Trinajstić information content (AvgIpc) is 3.31. The van der Waals surface area contributed by atoms with Crippen molar-refractivity contribution in [3.05, 3.63) is 72.7 Å². The van der Waals surface area contributed by atoms with Crippen molar-refractivity contribution in [1.29, 1.82) is 0 Å². The molecule has 0 spiro atoms. The minimum Gasteiger partial charge on any atom is -0.497 e. The molecular weight excluding hydrogens is 350 g/mol. The normalized spacial score (nSPS) is 11.0. The van der Waals surface area contributed by atoms with Crippen LogP contribution in [-0.4, -0.2) is 28.7 Å². The van der Waals surface area contributed by atoms with Crippen molar-refractivity contribution >= 4 is 22.5 Å². The Morgan fingerprint density at radius 1 is 1.04 bits per heavy atom. The van der Waals surface area contributed by atoms with Crippen LogP contribution in [0, 0.1) is 0 Å². The second-order valence-electron chi connectivity index (χ2n) is 6.75. The number of nitrogens with zero attached hydrogens (tertiary/aromatic N) is 2. The predicted octanol–water partition coefficient (Wildman–Crippen LogP) is 4.78. The first kappa shape index (κ1) is 17.9. The highest BCUT2D eigenvalue weighted by atomic mass is 16.5. The number of carbonyl (C=O) groups excluding carboxylic acids is 1. The van der Waals surface area contributed by atoms with Crippen LogP contribution in [0.4, 0.5) is 5.69 Å². The number of benzene rings is 2. The number of ether oxygens (including phenoxy) is 1. The van der Waals surface area contributed by atoms with Gasteiger partial charge in [-0.3, -0.25) is 9.36 Å². The zero-order chi connectivity index (χ0) is 19.7. The van der Waals surface area contributed by atoms with Crippen molar-refractivity contribution in [2.75, 3.05) is 19.0 Å². The number of carbonyl (C=O) groups is 1. The molecule has 0 aliphatic heterocycles. The fourth-order valence-corrected chi connectivity index (χ4v) is 3.47. The number of aryl methyl sites for hydroxylation is 1. The molecule has 2 heterocycles. The Hall–Kier alpha value is -3.47. The largest absolute Gasteiger partial charge is 0.497 e. The Balaban J connectivity index is 1.67. The molecular formula is C23H23N3O2. The van der Waals surface area contributed by atoms with Crippen molar-refractivity contribution in [2.24, 2.45) is 7.05 Å². The Kier molecular flexibility index (Phi) is 4.65. The van der Waals surface area contributed by atoms with Crippen LogP contribution >= 0.6 is 0 Å². The van der Waals surface area contributed by atoms with Crippen LogP contribution in [0.3, 0.4) is 0 Å². The number of hydrogen-bond acceptors (Lipinski definition) is 3.